The van der Waals surface area contributed by atoms with Gasteiger partial charge in [-0.25, -0.2) is 0 Å². The van der Waals surface area contributed by atoms with Crippen molar-refractivity contribution in [3.05, 3.63) is 17.5 Å². The predicted molar refractivity (Wildman–Crippen MR) is 84.9 cm³/mol. The number of rotatable bonds is 6. The third-order valence-corrected chi connectivity index (χ3v) is 4.91. The molecule has 2 rings (SSSR count). The van der Waals surface area contributed by atoms with Gasteiger partial charge in [-0.15, -0.1) is 0 Å². The van der Waals surface area contributed by atoms with Crippen molar-refractivity contribution >= 4 is 0 Å². The lowest BCUT2D eigenvalue weighted by atomic mass is 9.78. The molecule has 0 aromatic carbocycles. The number of hydrogen-bond acceptors (Lipinski definition) is 2. The summed E-state index contributed by atoms with van der Waals surface area (Å²) in [4.78, 5) is 0. The van der Waals surface area contributed by atoms with Crippen molar-refractivity contribution in [3.63, 3.8) is 0 Å². The quantitative estimate of drug-likeness (QED) is 0.864. The van der Waals surface area contributed by atoms with E-state index in [-0.39, 0.29) is 0 Å². The van der Waals surface area contributed by atoms with Crippen molar-refractivity contribution in [1.82, 2.24) is 15.1 Å². The van der Waals surface area contributed by atoms with Gasteiger partial charge in [0.05, 0.1) is 5.69 Å². The smallest absolute Gasteiger partial charge is 0.0624 e. The number of nitrogens with zero attached hydrogens (tertiary/aromatic N) is 2. The average molecular weight is 277 g/mol. The molecule has 0 amide bonds. The van der Waals surface area contributed by atoms with Crippen LogP contribution in [0.15, 0.2) is 6.07 Å². The first-order chi connectivity index (χ1) is 9.63. The zero-order chi connectivity index (χ0) is 14.5. The molecule has 1 aromatic rings. The van der Waals surface area contributed by atoms with Crippen LogP contribution in [0.4, 0.5) is 0 Å². The molecule has 1 aliphatic rings. The maximum Gasteiger partial charge on any atom is 0.0624 e. The molecule has 1 unspecified atom stereocenters. The van der Waals surface area contributed by atoms with Gasteiger partial charge in [0.15, 0.2) is 0 Å². The molecule has 1 fully saturated rings. The van der Waals surface area contributed by atoms with Gasteiger partial charge in [0.25, 0.3) is 0 Å². The number of hydrogen-bond donors (Lipinski definition) is 1. The van der Waals surface area contributed by atoms with Crippen molar-refractivity contribution in [3.8, 4) is 0 Å². The fourth-order valence-corrected chi connectivity index (χ4v) is 3.52. The molecule has 3 heteroatoms. The molecule has 1 heterocycles. The van der Waals surface area contributed by atoms with E-state index in [4.69, 9.17) is 0 Å². The monoisotopic (exact) mass is 277 g/mol. The predicted octanol–water partition coefficient (Wildman–Crippen LogP) is 3.33. The Labute approximate surface area is 124 Å². The molecule has 114 valence electrons. The van der Waals surface area contributed by atoms with Crippen molar-refractivity contribution in [2.75, 3.05) is 6.54 Å². The van der Waals surface area contributed by atoms with Crippen molar-refractivity contribution in [2.45, 2.75) is 65.3 Å². The van der Waals surface area contributed by atoms with Gasteiger partial charge in [0.2, 0.25) is 0 Å². The van der Waals surface area contributed by atoms with Gasteiger partial charge >= 0.3 is 0 Å². The Morgan fingerprint density at radius 2 is 2.00 bits per heavy atom. The van der Waals surface area contributed by atoms with E-state index in [0.29, 0.717) is 6.04 Å². The summed E-state index contributed by atoms with van der Waals surface area (Å²) < 4.78 is 2.08. The van der Waals surface area contributed by atoms with Crippen LogP contribution in [0.25, 0.3) is 0 Å². The lowest BCUT2D eigenvalue weighted by Crippen LogP contribution is -2.40. The molecular weight excluding hydrogens is 246 g/mol. The number of aryl methyl sites for hydroxylation is 2. The summed E-state index contributed by atoms with van der Waals surface area (Å²) in [5.74, 6) is 1.77. The maximum absolute atomic E-state index is 4.59. The van der Waals surface area contributed by atoms with Crippen molar-refractivity contribution in [1.29, 1.82) is 0 Å². The molecular formula is C17H31N3. The van der Waals surface area contributed by atoms with Crippen LogP contribution in [-0.4, -0.2) is 22.4 Å². The highest BCUT2D eigenvalue weighted by Gasteiger charge is 2.26. The highest BCUT2D eigenvalue weighted by molar-refractivity contribution is 5.12. The van der Waals surface area contributed by atoms with Crippen molar-refractivity contribution in [2.24, 2.45) is 18.9 Å². The van der Waals surface area contributed by atoms with Crippen LogP contribution < -0.4 is 5.32 Å². The van der Waals surface area contributed by atoms with Crippen LogP contribution in [-0.2, 0) is 19.9 Å². The van der Waals surface area contributed by atoms with Crippen LogP contribution >= 0.6 is 0 Å². The second-order valence-corrected chi connectivity index (χ2v) is 6.49. The molecule has 20 heavy (non-hydrogen) atoms. The molecule has 0 aliphatic heterocycles. The topological polar surface area (TPSA) is 29.9 Å². The second kappa shape index (κ2) is 7.26. The summed E-state index contributed by atoms with van der Waals surface area (Å²) in [6.07, 6.45) is 7.72. The van der Waals surface area contributed by atoms with Gasteiger partial charge in [-0.1, -0.05) is 33.6 Å². The minimum Gasteiger partial charge on any atom is -0.314 e. The molecule has 1 atom stereocenters. The molecule has 1 aromatic heterocycles. The highest BCUT2D eigenvalue weighted by atomic mass is 15.3. The van der Waals surface area contributed by atoms with Gasteiger partial charge in [-0.05, 0) is 43.7 Å². The van der Waals surface area contributed by atoms with E-state index in [2.05, 4.69) is 49.0 Å². The fourth-order valence-electron chi connectivity index (χ4n) is 3.52. The van der Waals surface area contributed by atoms with Gasteiger partial charge in [-0.3, -0.25) is 4.68 Å². The minimum absolute atomic E-state index is 0.618. The molecule has 0 radical (unpaired) electrons. The summed E-state index contributed by atoms with van der Waals surface area (Å²) in [7, 11) is 2.08. The van der Waals surface area contributed by atoms with Crippen LogP contribution in [0.1, 0.15) is 57.8 Å². The van der Waals surface area contributed by atoms with E-state index in [1.165, 1.54) is 37.1 Å². The summed E-state index contributed by atoms with van der Waals surface area (Å²) in [5.41, 5.74) is 2.60. The van der Waals surface area contributed by atoms with E-state index < -0.39 is 0 Å². The molecule has 1 N–H and O–H groups in total. The normalized spacial score (nSPS) is 24.8. The van der Waals surface area contributed by atoms with Gasteiger partial charge < -0.3 is 5.32 Å². The Morgan fingerprint density at radius 3 is 2.55 bits per heavy atom. The Balaban J connectivity index is 2.02. The highest BCUT2D eigenvalue weighted by Crippen LogP contribution is 2.31. The second-order valence-electron chi connectivity index (χ2n) is 6.49. The summed E-state index contributed by atoms with van der Waals surface area (Å²) >= 11 is 0. The minimum atomic E-state index is 0.618. The third-order valence-electron chi connectivity index (χ3n) is 4.91. The molecule has 0 saturated heterocycles. The van der Waals surface area contributed by atoms with Crippen LogP contribution in [0.3, 0.4) is 0 Å². The fraction of sp³-hybridized carbons (Fsp3) is 0.824. The molecule has 0 bridgehead atoms. The Kier molecular flexibility index (Phi) is 5.64. The Morgan fingerprint density at radius 1 is 1.30 bits per heavy atom. The molecule has 1 aliphatic carbocycles. The van der Waals surface area contributed by atoms with Crippen molar-refractivity contribution < 1.29 is 0 Å². The Bertz CT molecular complexity index is 402. The van der Waals surface area contributed by atoms with Gasteiger partial charge in [0.1, 0.15) is 0 Å². The average Bonchev–Trinajstić information content (AvgIpc) is 2.80. The lowest BCUT2D eigenvalue weighted by Gasteiger charge is -2.33. The van der Waals surface area contributed by atoms with E-state index in [0.717, 1.165) is 31.2 Å². The van der Waals surface area contributed by atoms with Crippen LogP contribution in [0, 0.1) is 11.8 Å². The van der Waals surface area contributed by atoms with Crippen LogP contribution in [0.5, 0.6) is 0 Å². The van der Waals surface area contributed by atoms with E-state index in [1.807, 2.05) is 0 Å². The first kappa shape index (κ1) is 15.6. The SMILES string of the molecule is CCNC(Cc1cc(CC)nn1C)C1CCC(C)CC1. The summed E-state index contributed by atoms with van der Waals surface area (Å²) in [5, 5.41) is 8.32. The zero-order valence-corrected chi connectivity index (χ0v) is 13.7. The first-order valence-electron chi connectivity index (χ1n) is 8.39. The first-order valence-corrected chi connectivity index (χ1v) is 8.39. The molecule has 1 saturated carbocycles. The maximum atomic E-state index is 4.59. The third kappa shape index (κ3) is 3.85. The number of nitrogens with one attached hydrogen (secondary N) is 1. The lowest BCUT2D eigenvalue weighted by molar-refractivity contribution is 0.229. The number of likely N-dealkylation sites (N-methyl/N-ethyl adjacent to an activating group) is 1. The van der Waals surface area contributed by atoms with E-state index >= 15 is 0 Å². The Hall–Kier alpha value is -0.830. The van der Waals surface area contributed by atoms with E-state index in [9.17, 15) is 0 Å². The summed E-state index contributed by atoms with van der Waals surface area (Å²) in [6, 6.07) is 2.91. The van der Waals surface area contributed by atoms with Crippen LogP contribution in [0.2, 0.25) is 0 Å². The standard InChI is InChI=1S/C17H31N3/c1-5-15-11-16(20(4)19-15)12-17(18-6-2)14-9-7-13(3)8-10-14/h11,13-14,17-18H,5-10,12H2,1-4H3. The largest absolute Gasteiger partial charge is 0.314 e. The van der Waals surface area contributed by atoms with E-state index in [1.54, 1.807) is 0 Å². The van der Waals surface area contributed by atoms with Gasteiger partial charge in [-0.2, -0.15) is 5.10 Å². The summed E-state index contributed by atoms with van der Waals surface area (Å²) in [6.45, 7) is 7.86. The molecule has 0 spiro atoms. The van der Waals surface area contributed by atoms with Gasteiger partial charge in [0, 0.05) is 25.2 Å². The number of aromatic nitrogens is 2. The molecule has 3 nitrogen and oxygen atoms in total. The zero-order valence-electron chi connectivity index (χ0n) is 13.7.